The highest BCUT2D eigenvalue weighted by molar-refractivity contribution is 4.93. The maximum Gasteiger partial charge on any atom is 0.169 e. The van der Waals surface area contributed by atoms with Crippen molar-refractivity contribution in [1.29, 1.82) is 0 Å². The monoisotopic (exact) mass is 355 g/mol. The van der Waals surface area contributed by atoms with Crippen molar-refractivity contribution < 1.29 is 19.4 Å². The van der Waals surface area contributed by atoms with Crippen molar-refractivity contribution in [2.24, 2.45) is 0 Å². The molecule has 0 aromatic heterocycles. The van der Waals surface area contributed by atoms with Gasteiger partial charge in [0.1, 0.15) is 0 Å². The van der Waals surface area contributed by atoms with Gasteiger partial charge in [-0.05, 0) is 72.6 Å². The summed E-state index contributed by atoms with van der Waals surface area (Å²) in [6.07, 6.45) is 9.53. The van der Waals surface area contributed by atoms with Gasteiger partial charge in [-0.25, -0.2) is 0 Å². The molecule has 146 valence electrons. The van der Waals surface area contributed by atoms with Crippen molar-refractivity contribution in [3.8, 4) is 0 Å². The Hall–Kier alpha value is -0.200. The Labute approximate surface area is 153 Å². The van der Waals surface area contributed by atoms with E-state index in [1.165, 1.54) is 6.42 Å². The summed E-state index contributed by atoms with van der Waals surface area (Å²) in [6.45, 7) is 9.76. The van der Waals surface area contributed by atoms with E-state index in [-0.39, 0.29) is 29.9 Å². The molecule has 1 spiro atoms. The van der Waals surface area contributed by atoms with Gasteiger partial charge < -0.3 is 14.6 Å². The van der Waals surface area contributed by atoms with Crippen LogP contribution in [0.2, 0.25) is 0 Å². The topological polar surface area (TPSA) is 51.2 Å². The molecule has 1 N–H and O–H groups in total. The van der Waals surface area contributed by atoms with Crippen LogP contribution in [-0.4, -0.2) is 52.5 Å². The van der Waals surface area contributed by atoms with Gasteiger partial charge in [-0.3, -0.25) is 4.84 Å². The standard InChI is InChI=1S/C20H37NO4/c1-18(2)10-7-11-19(3,4)21(18)23-15-17-9-6-13-20(25-17)12-5-8-16(14-22)24-20/h16-17,22H,5-15H2,1-4H3/t16-,17-,20-/m1/s1. The smallest absolute Gasteiger partial charge is 0.169 e. The Balaban J connectivity index is 1.59. The summed E-state index contributed by atoms with van der Waals surface area (Å²) in [5.74, 6) is -0.495. The molecule has 3 aliphatic rings. The summed E-state index contributed by atoms with van der Waals surface area (Å²) < 4.78 is 12.5. The molecule has 0 amide bonds. The number of ether oxygens (including phenoxy) is 2. The summed E-state index contributed by atoms with van der Waals surface area (Å²) in [6, 6.07) is 0. The molecule has 0 aromatic carbocycles. The Bertz CT molecular complexity index is 433. The number of hydrogen-bond acceptors (Lipinski definition) is 5. The van der Waals surface area contributed by atoms with Crippen LogP contribution < -0.4 is 0 Å². The van der Waals surface area contributed by atoms with Crippen molar-refractivity contribution >= 4 is 0 Å². The Morgan fingerprint density at radius 3 is 2.04 bits per heavy atom. The van der Waals surface area contributed by atoms with Gasteiger partial charge in [0.25, 0.3) is 0 Å². The summed E-state index contributed by atoms with van der Waals surface area (Å²) in [4.78, 5) is 6.34. The number of piperidine rings is 1. The van der Waals surface area contributed by atoms with Gasteiger partial charge in [0.15, 0.2) is 5.79 Å². The second kappa shape index (κ2) is 7.43. The normalized spacial score (nSPS) is 38.8. The van der Waals surface area contributed by atoms with Gasteiger partial charge in [0.05, 0.1) is 25.4 Å². The van der Waals surface area contributed by atoms with Crippen molar-refractivity contribution in [2.75, 3.05) is 13.2 Å². The van der Waals surface area contributed by atoms with Gasteiger partial charge in [0.2, 0.25) is 0 Å². The zero-order valence-electron chi connectivity index (χ0n) is 16.6. The molecule has 3 atom stereocenters. The molecule has 3 fully saturated rings. The van der Waals surface area contributed by atoms with Crippen molar-refractivity contribution in [1.82, 2.24) is 5.06 Å². The third kappa shape index (κ3) is 4.38. The average Bonchev–Trinajstić information content (AvgIpc) is 2.53. The molecule has 3 aliphatic heterocycles. The van der Waals surface area contributed by atoms with E-state index in [4.69, 9.17) is 14.3 Å². The lowest BCUT2D eigenvalue weighted by Crippen LogP contribution is -2.59. The Morgan fingerprint density at radius 2 is 1.44 bits per heavy atom. The molecule has 3 heterocycles. The Kier molecular flexibility index (Phi) is 5.81. The van der Waals surface area contributed by atoms with E-state index in [0.717, 1.165) is 51.4 Å². The average molecular weight is 356 g/mol. The van der Waals surface area contributed by atoms with Crippen LogP contribution in [0.3, 0.4) is 0 Å². The first-order chi connectivity index (χ1) is 11.8. The predicted octanol–water partition coefficient (Wildman–Crippen LogP) is 3.79. The molecule has 3 rings (SSSR count). The maximum atomic E-state index is 9.45. The quantitative estimate of drug-likeness (QED) is 0.831. The minimum absolute atomic E-state index is 0.0530. The van der Waals surface area contributed by atoms with E-state index >= 15 is 0 Å². The van der Waals surface area contributed by atoms with Gasteiger partial charge in [0, 0.05) is 23.9 Å². The minimum Gasteiger partial charge on any atom is -0.394 e. The zero-order chi connectivity index (χ0) is 18.1. The van der Waals surface area contributed by atoms with E-state index in [9.17, 15) is 5.11 Å². The highest BCUT2D eigenvalue weighted by Crippen LogP contribution is 2.41. The van der Waals surface area contributed by atoms with Crippen LogP contribution in [0, 0.1) is 0 Å². The van der Waals surface area contributed by atoms with Crippen molar-refractivity contribution in [3.05, 3.63) is 0 Å². The third-order valence-electron chi connectivity index (χ3n) is 6.20. The molecule has 0 unspecified atom stereocenters. The van der Waals surface area contributed by atoms with E-state index in [1.807, 2.05) is 0 Å². The summed E-state index contributed by atoms with van der Waals surface area (Å²) in [7, 11) is 0. The van der Waals surface area contributed by atoms with E-state index in [2.05, 4.69) is 32.8 Å². The van der Waals surface area contributed by atoms with Crippen LogP contribution in [0.15, 0.2) is 0 Å². The first kappa shape index (κ1) is 19.6. The molecule has 25 heavy (non-hydrogen) atoms. The van der Waals surface area contributed by atoms with Crippen LogP contribution in [0.25, 0.3) is 0 Å². The van der Waals surface area contributed by atoms with Crippen LogP contribution in [0.4, 0.5) is 0 Å². The number of nitrogens with zero attached hydrogens (tertiary/aromatic N) is 1. The first-order valence-electron chi connectivity index (χ1n) is 10.2. The molecular weight excluding hydrogens is 318 g/mol. The fourth-order valence-electron chi connectivity index (χ4n) is 5.04. The number of hydroxylamine groups is 2. The van der Waals surface area contributed by atoms with Gasteiger partial charge in [-0.15, -0.1) is 0 Å². The van der Waals surface area contributed by atoms with Gasteiger partial charge in [-0.2, -0.15) is 5.06 Å². The maximum absolute atomic E-state index is 9.45. The van der Waals surface area contributed by atoms with E-state index < -0.39 is 5.79 Å². The third-order valence-corrected chi connectivity index (χ3v) is 6.20. The second-order valence-corrected chi connectivity index (χ2v) is 9.43. The lowest BCUT2D eigenvalue weighted by molar-refractivity contribution is -0.343. The molecule has 0 aromatic rings. The largest absolute Gasteiger partial charge is 0.394 e. The van der Waals surface area contributed by atoms with Gasteiger partial charge >= 0.3 is 0 Å². The number of rotatable bonds is 4. The van der Waals surface area contributed by atoms with E-state index in [0.29, 0.717) is 6.61 Å². The number of hydrogen-bond donors (Lipinski definition) is 1. The molecule has 0 saturated carbocycles. The minimum atomic E-state index is -0.495. The molecule has 0 bridgehead atoms. The predicted molar refractivity (Wildman–Crippen MR) is 97.1 cm³/mol. The van der Waals surface area contributed by atoms with Crippen LogP contribution in [0.5, 0.6) is 0 Å². The molecule has 5 heteroatoms. The molecule has 0 aliphatic carbocycles. The SMILES string of the molecule is CC1(C)CCCC(C)(C)N1OC[C@H]1CCC[C@@]2(CCC[C@H](CO)O2)O1. The fourth-order valence-corrected chi connectivity index (χ4v) is 5.04. The zero-order valence-corrected chi connectivity index (χ0v) is 16.6. The fraction of sp³-hybridized carbons (Fsp3) is 1.00. The second-order valence-electron chi connectivity index (χ2n) is 9.43. The lowest BCUT2D eigenvalue weighted by atomic mass is 9.82. The summed E-state index contributed by atoms with van der Waals surface area (Å²) >= 11 is 0. The van der Waals surface area contributed by atoms with Crippen LogP contribution in [0.1, 0.15) is 85.5 Å². The van der Waals surface area contributed by atoms with Gasteiger partial charge in [-0.1, -0.05) is 0 Å². The lowest BCUT2D eigenvalue weighted by Gasteiger charge is -2.52. The number of aliphatic hydroxyl groups excluding tert-OH is 1. The summed E-state index contributed by atoms with van der Waals surface area (Å²) in [5, 5.41) is 11.7. The molecule has 5 nitrogen and oxygen atoms in total. The van der Waals surface area contributed by atoms with Crippen molar-refractivity contribution in [2.45, 2.75) is 115 Å². The molecule has 3 saturated heterocycles. The Morgan fingerprint density at radius 1 is 0.880 bits per heavy atom. The molecular formula is C20H37NO4. The van der Waals surface area contributed by atoms with Crippen LogP contribution >= 0.6 is 0 Å². The highest BCUT2D eigenvalue weighted by Gasteiger charge is 2.45. The highest BCUT2D eigenvalue weighted by atomic mass is 16.7. The molecule has 0 radical (unpaired) electrons. The summed E-state index contributed by atoms with van der Waals surface area (Å²) in [5.41, 5.74) is 0.106. The van der Waals surface area contributed by atoms with Crippen molar-refractivity contribution in [3.63, 3.8) is 0 Å². The number of aliphatic hydroxyl groups is 1. The van der Waals surface area contributed by atoms with E-state index in [1.54, 1.807) is 0 Å². The first-order valence-corrected chi connectivity index (χ1v) is 10.2. The van der Waals surface area contributed by atoms with Crippen LogP contribution in [-0.2, 0) is 14.3 Å².